The van der Waals surface area contributed by atoms with E-state index in [1.54, 1.807) is 7.05 Å². The lowest BCUT2D eigenvalue weighted by atomic mass is 10.1. The van der Waals surface area contributed by atoms with Gasteiger partial charge in [0.2, 0.25) is 5.91 Å². The van der Waals surface area contributed by atoms with Crippen molar-refractivity contribution in [3.63, 3.8) is 0 Å². The molecule has 0 radical (unpaired) electrons. The average molecular weight is 203 g/mol. The predicted molar refractivity (Wildman–Crippen MR) is 55.8 cm³/mol. The Hall–Kier alpha value is -0.650. The van der Waals surface area contributed by atoms with Crippen molar-refractivity contribution in [2.75, 3.05) is 20.2 Å². The van der Waals surface area contributed by atoms with E-state index < -0.39 is 0 Å². The Morgan fingerprint density at radius 1 is 1.57 bits per heavy atom. The monoisotopic (exact) mass is 203 g/mol. The highest BCUT2D eigenvalue weighted by Gasteiger charge is 2.13. The molecule has 0 saturated heterocycles. The summed E-state index contributed by atoms with van der Waals surface area (Å²) in [6, 6.07) is 0.162. The van der Waals surface area contributed by atoms with Crippen molar-refractivity contribution in [2.45, 2.75) is 31.8 Å². The minimum atomic E-state index is -0.0239. The van der Waals surface area contributed by atoms with Gasteiger partial charge in [-0.3, -0.25) is 4.79 Å². The maximum Gasteiger partial charge on any atom is 0.221 e. The van der Waals surface area contributed by atoms with Crippen LogP contribution in [0, 0.1) is 0 Å². The Labute approximate surface area is 85.1 Å². The second-order valence-corrected chi connectivity index (χ2v) is 3.39. The van der Waals surface area contributed by atoms with Gasteiger partial charge in [0.1, 0.15) is 0 Å². The Balaban J connectivity index is 3.83. The van der Waals surface area contributed by atoms with Gasteiger partial charge in [-0.1, -0.05) is 0 Å². The first-order valence-electron chi connectivity index (χ1n) is 4.91. The molecule has 0 rings (SSSR count). The SMILES string of the molecule is CNC(=O)CC(CN)NC(C)CCO. The zero-order valence-corrected chi connectivity index (χ0v) is 8.92. The smallest absolute Gasteiger partial charge is 0.221 e. The van der Waals surface area contributed by atoms with Crippen LogP contribution < -0.4 is 16.4 Å². The molecule has 2 atom stereocenters. The van der Waals surface area contributed by atoms with Gasteiger partial charge < -0.3 is 21.5 Å². The highest BCUT2D eigenvalue weighted by molar-refractivity contribution is 5.76. The summed E-state index contributed by atoms with van der Waals surface area (Å²) in [5.74, 6) is -0.0239. The summed E-state index contributed by atoms with van der Waals surface area (Å²) >= 11 is 0. The fraction of sp³-hybridized carbons (Fsp3) is 0.889. The van der Waals surface area contributed by atoms with Crippen molar-refractivity contribution in [3.05, 3.63) is 0 Å². The first-order chi connectivity index (χ1) is 6.63. The number of rotatable bonds is 7. The maximum atomic E-state index is 11.1. The van der Waals surface area contributed by atoms with Crippen LogP contribution in [0.4, 0.5) is 0 Å². The number of aliphatic hydroxyl groups is 1. The average Bonchev–Trinajstić information content (AvgIpc) is 2.16. The van der Waals surface area contributed by atoms with E-state index in [4.69, 9.17) is 10.8 Å². The predicted octanol–water partition coefficient (Wildman–Crippen LogP) is -1.19. The Bertz CT molecular complexity index is 164. The topological polar surface area (TPSA) is 87.4 Å². The third kappa shape index (κ3) is 5.90. The molecule has 5 heteroatoms. The lowest BCUT2D eigenvalue weighted by Crippen LogP contribution is -2.44. The van der Waals surface area contributed by atoms with Crippen LogP contribution in [0.3, 0.4) is 0 Å². The van der Waals surface area contributed by atoms with E-state index in [2.05, 4.69) is 10.6 Å². The number of nitrogens with two attached hydrogens (primary N) is 1. The second-order valence-electron chi connectivity index (χ2n) is 3.39. The zero-order chi connectivity index (χ0) is 11.0. The summed E-state index contributed by atoms with van der Waals surface area (Å²) in [7, 11) is 1.60. The van der Waals surface area contributed by atoms with Crippen LogP contribution >= 0.6 is 0 Å². The van der Waals surface area contributed by atoms with E-state index in [0.29, 0.717) is 19.4 Å². The number of carbonyl (C=O) groups excluding carboxylic acids is 1. The summed E-state index contributed by atoms with van der Waals surface area (Å²) in [6.07, 6.45) is 1.05. The number of nitrogens with one attached hydrogen (secondary N) is 2. The van der Waals surface area contributed by atoms with Crippen molar-refractivity contribution >= 4 is 5.91 Å². The quantitative estimate of drug-likeness (QED) is 0.419. The van der Waals surface area contributed by atoms with Gasteiger partial charge in [0, 0.05) is 38.7 Å². The second kappa shape index (κ2) is 7.73. The van der Waals surface area contributed by atoms with Gasteiger partial charge in [-0.2, -0.15) is 0 Å². The van der Waals surface area contributed by atoms with Crippen LogP contribution in [0.1, 0.15) is 19.8 Å². The first-order valence-corrected chi connectivity index (χ1v) is 4.91. The van der Waals surface area contributed by atoms with Crippen molar-refractivity contribution < 1.29 is 9.90 Å². The van der Waals surface area contributed by atoms with Gasteiger partial charge in [0.15, 0.2) is 0 Å². The van der Waals surface area contributed by atoms with E-state index in [1.165, 1.54) is 0 Å². The fourth-order valence-electron chi connectivity index (χ4n) is 1.22. The van der Waals surface area contributed by atoms with E-state index in [0.717, 1.165) is 0 Å². The minimum Gasteiger partial charge on any atom is -0.396 e. The third-order valence-corrected chi connectivity index (χ3v) is 2.08. The summed E-state index contributed by atoms with van der Waals surface area (Å²) in [5, 5.41) is 14.4. The molecule has 0 saturated carbocycles. The third-order valence-electron chi connectivity index (χ3n) is 2.08. The molecule has 0 aliphatic heterocycles. The number of carbonyl (C=O) groups is 1. The lowest BCUT2D eigenvalue weighted by Gasteiger charge is -2.20. The molecule has 14 heavy (non-hydrogen) atoms. The fourth-order valence-corrected chi connectivity index (χ4v) is 1.22. The van der Waals surface area contributed by atoms with Gasteiger partial charge in [0.25, 0.3) is 0 Å². The summed E-state index contributed by atoms with van der Waals surface area (Å²) in [5.41, 5.74) is 5.52. The molecule has 0 spiro atoms. The molecule has 0 aliphatic carbocycles. The Morgan fingerprint density at radius 3 is 2.64 bits per heavy atom. The van der Waals surface area contributed by atoms with Crippen LogP contribution in [0.25, 0.3) is 0 Å². The van der Waals surface area contributed by atoms with Crippen molar-refractivity contribution in [1.82, 2.24) is 10.6 Å². The van der Waals surface area contributed by atoms with Gasteiger partial charge in [-0.25, -0.2) is 0 Å². The van der Waals surface area contributed by atoms with Crippen LogP contribution in [0.2, 0.25) is 0 Å². The molecule has 1 amide bonds. The van der Waals surface area contributed by atoms with Gasteiger partial charge in [-0.15, -0.1) is 0 Å². The van der Waals surface area contributed by atoms with Crippen LogP contribution in [0.15, 0.2) is 0 Å². The van der Waals surface area contributed by atoms with Gasteiger partial charge in [0.05, 0.1) is 0 Å². The normalized spacial score (nSPS) is 14.9. The minimum absolute atomic E-state index is 0.0171. The molecule has 5 N–H and O–H groups in total. The van der Waals surface area contributed by atoms with Crippen LogP contribution in [-0.2, 0) is 4.79 Å². The molecule has 5 nitrogen and oxygen atoms in total. The van der Waals surface area contributed by atoms with Crippen molar-refractivity contribution in [2.24, 2.45) is 5.73 Å². The van der Waals surface area contributed by atoms with E-state index in [-0.39, 0.29) is 24.6 Å². The molecule has 0 fully saturated rings. The number of hydrogen-bond acceptors (Lipinski definition) is 4. The zero-order valence-electron chi connectivity index (χ0n) is 8.92. The van der Waals surface area contributed by atoms with Crippen molar-refractivity contribution in [3.8, 4) is 0 Å². The lowest BCUT2D eigenvalue weighted by molar-refractivity contribution is -0.121. The molecule has 0 heterocycles. The molecule has 84 valence electrons. The first kappa shape index (κ1) is 13.4. The molecule has 0 aromatic carbocycles. The number of amides is 1. The summed E-state index contributed by atoms with van der Waals surface area (Å²) < 4.78 is 0. The van der Waals surface area contributed by atoms with Crippen LogP contribution in [-0.4, -0.2) is 43.3 Å². The summed E-state index contributed by atoms with van der Waals surface area (Å²) in [6.45, 7) is 2.53. The van der Waals surface area contributed by atoms with E-state index in [9.17, 15) is 4.79 Å². The molecule has 0 aromatic heterocycles. The maximum absolute atomic E-state index is 11.1. The standard InChI is InChI=1S/C9H21N3O2/c1-7(3-4-13)12-8(6-10)5-9(14)11-2/h7-8,12-13H,3-6,10H2,1-2H3,(H,11,14). The van der Waals surface area contributed by atoms with Crippen molar-refractivity contribution in [1.29, 1.82) is 0 Å². The molecule has 2 unspecified atom stereocenters. The molecule has 0 aromatic rings. The molecular weight excluding hydrogens is 182 g/mol. The Morgan fingerprint density at radius 2 is 2.21 bits per heavy atom. The van der Waals surface area contributed by atoms with E-state index >= 15 is 0 Å². The van der Waals surface area contributed by atoms with Gasteiger partial charge >= 0.3 is 0 Å². The highest BCUT2D eigenvalue weighted by Crippen LogP contribution is 1.95. The van der Waals surface area contributed by atoms with Crippen LogP contribution in [0.5, 0.6) is 0 Å². The Kier molecular flexibility index (Phi) is 7.37. The number of aliphatic hydroxyl groups excluding tert-OH is 1. The molecular formula is C9H21N3O2. The molecule has 0 bridgehead atoms. The van der Waals surface area contributed by atoms with Gasteiger partial charge in [-0.05, 0) is 13.3 Å². The molecule has 0 aliphatic rings. The highest BCUT2D eigenvalue weighted by atomic mass is 16.3. The van der Waals surface area contributed by atoms with E-state index in [1.807, 2.05) is 6.92 Å². The summed E-state index contributed by atoms with van der Waals surface area (Å²) in [4.78, 5) is 11.1. The number of hydrogen-bond donors (Lipinski definition) is 4. The largest absolute Gasteiger partial charge is 0.396 e.